The lowest BCUT2D eigenvalue weighted by molar-refractivity contribution is -0.122. The largest absolute Gasteiger partial charge is 0.445 e. The minimum absolute atomic E-state index is 0.0218. The average molecular weight is 620 g/mol. The van der Waals surface area contributed by atoms with Crippen molar-refractivity contribution in [3.05, 3.63) is 65.6 Å². The standard InChI is InChI=1S/C27H28F7N5O2S/c28-21(29)11-19(24(42)35-15-27(32,33)34)18-10-22-37-20(13-39(22)36-12-18)23(17-6-8-26(30,31)9-7-17)38-25(40)41-14-16-4-2-1-3-5-16/h1-5,10,12-13,17,19,21,23H,6-9,11,14-15H2,(H,35,42)(H,38,40). The summed E-state index contributed by atoms with van der Waals surface area (Å²) in [6.07, 6.45) is -6.99. The van der Waals surface area contributed by atoms with Crippen LogP contribution in [0, 0.1) is 5.92 Å². The fraction of sp³-hybridized carbons (Fsp3) is 0.481. The van der Waals surface area contributed by atoms with E-state index in [9.17, 15) is 35.5 Å². The van der Waals surface area contributed by atoms with Crippen molar-refractivity contribution in [2.75, 3.05) is 6.54 Å². The summed E-state index contributed by atoms with van der Waals surface area (Å²) in [5.74, 6) is -4.51. The van der Waals surface area contributed by atoms with E-state index < -0.39 is 60.4 Å². The monoisotopic (exact) mass is 619 g/mol. The number of rotatable bonds is 10. The van der Waals surface area contributed by atoms with E-state index in [0.29, 0.717) is 0 Å². The zero-order valence-corrected chi connectivity index (χ0v) is 22.9. The molecule has 0 spiro atoms. The van der Waals surface area contributed by atoms with Crippen molar-refractivity contribution in [1.29, 1.82) is 0 Å². The van der Waals surface area contributed by atoms with Crippen LogP contribution in [0.25, 0.3) is 5.65 Å². The van der Waals surface area contributed by atoms with Gasteiger partial charge in [0.05, 0.1) is 29.1 Å². The molecule has 3 aromatic rings. The summed E-state index contributed by atoms with van der Waals surface area (Å²) in [6, 6.07) is 9.44. The van der Waals surface area contributed by atoms with Crippen LogP contribution in [-0.2, 0) is 11.3 Å². The van der Waals surface area contributed by atoms with E-state index in [1.54, 1.807) is 24.3 Å². The van der Waals surface area contributed by atoms with Gasteiger partial charge in [0.25, 0.3) is 0 Å². The molecule has 2 atom stereocenters. The lowest BCUT2D eigenvalue weighted by atomic mass is 9.81. The van der Waals surface area contributed by atoms with Gasteiger partial charge in [-0.05, 0) is 36.0 Å². The fourth-order valence-corrected chi connectivity index (χ4v) is 5.16. The van der Waals surface area contributed by atoms with E-state index in [1.165, 1.54) is 23.0 Å². The van der Waals surface area contributed by atoms with E-state index in [-0.39, 0.29) is 49.2 Å². The first-order chi connectivity index (χ1) is 19.8. The molecule has 7 nitrogen and oxygen atoms in total. The number of nitrogens with zero attached hydrogens (tertiary/aromatic N) is 3. The van der Waals surface area contributed by atoms with Gasteiger partial charge < -0.3 is 15.4 Å². The molecule has 15 heteroatoms. The molecule has 2 aromatic heterocycles. The summed E-state index contributed by atoms with van der Waals surface area (Å²) < 4.78 is 99.1. The molecular formula is C27H28F7N5O2S. The van der Waals surface area contributed by atoms with Gasteiger partial charge in [-0.15, -0.1) is 0 Å². The number of amides is 1. The number of carbonyl (C=O) groups excluding carboxylic acids is 1. The van der Waals surface area contributed by atoms with Crippen LogP contribution in [0.2, 0.25) is 0 Å². The molecule has 1 aliphatic rings. The van der Waals surface area contributed by atoms with Crippen molar-refractivity contribution in [3.8, 4) is 0 Å². The average Bonchev–Trinajstić information content (AvgIpc) is 3.36. The number of imidazole rings is 1. The number of halogens is 7. The first-order valence-corrected chi connectivity index (χ1v) is 13.5. The van der Waals surface area contributed by atoms with Gasteiger partial charge in [0.1, 0.15) is 13.2 Å². The van der Waals surface area contributed by atoms with E-state index in [1.807, 2.05) is 11.4 Å². The van der Waals surface area contributed by atoms with E-state index in [0.717, 1.165) is 5.56 Å². The Hall–Kier alpha value is -3.49. The number of alkyl carbamates (subject to hydrolysis) is 1. The fourth-order valence-electron chi connectivity index (χ4n) is 4.85. The molecule has 2 unspecified atom stereocenters. The van der Waals surface area contributed by atoms with E-state index in [4.69, 9.17) is 17.0 Å². The molecule has 42 heavy (non-hydrogen) atoms. The molecule has 1 aliphatic carbocycles. The molecule has 1 fully saturated rings. The highest BCUT2D eigenvalue weighted by molar-refractivity contribution is 7.80. The van der Waals surface area contributed by atoms with Crippen LogP contribution in [0.15, 0.2) is 48.8 Å². The number of carbonyl (C=O) groups is 1. The van der Waals surface area contributed by atoms with Crippen molar-refractivity contribution in [3.63, 3.8) is 0 Å². The molecular weight excluding hydrogens is 591 g/mol. The van der Waals surface area contributed by atoms with Crippen LogP contribution in [-0.4, -0.2) is 50.7 Å². The summed E-state index contributed by atoms with van der Waals surface area (Å²) in [4.78, 5) is 16.8. The third-order valence-corrected chi connectivity index (χ3v) is 7.42. The first-order valence-electron chi connectivity index (χ1n) is 13.1. The zero-order valence-electron chi connectivity index (χ0n) is 22.1. The van der Waals surface area contributed by atoms with Crippen molar-refractivity contribution in [1.82, 2.24) is 25.2 Å². The van der Waals surface area contributed by atoms with Gasteiger partial charge in [-0.2, -0.15) is 18.3 Å². The number of fused-ring (bicyclic) bond motifs is 1. The third kappa shape index (κ3) is 8.76. The first kappa shape index (κ1) is 31.4. The van der Waals surface area contributed by atoms with Gasteiger partial charge in [0.15, 0.2) is 5.65 Å². The third-order valence-electron chi connectivity index (χ3n) is 6.99. The number of ether oxygens (including phenoxy) is 1. The Morgan fingerprint density at radius 2 is 1.86 bits per heavy atom. The molecule has 1 saturated carbocycles. The SMILES string of the molecule is O=C(NC(c1cn2ncc(C(CC(F)F)C(=S)NCC(F)(F)F)cc2n1)C1CCC(F)(F)CC1)OCc1ccccc1. The lowest BCUT2D eigenvalue weighted by Gasteiger charge is -2.33. The number of benzene rings is 1. The number of hydrogen-bond acceptors (Lipinski definition) is 5. The Morgan fingerprint density at radius 1 is 1.17 bits per heavy atom. The summed E-state index contributed by atoms with van der Waals surface area (Å²) in [6.45, 7) is -1.51. The predicted octanol–water partition coefficient (Wildman–Crippen LogP) is 6.74. The van der Waals surface area contributed by atoms with E-state index in [2.05, 4.69) is 15.4 Å². The van der Waals surface area contributed by atoms with Crippen molar-refractivity contribution >= 4 is 28.9 Å². The van der Waals surface area contributed by atoms with Gasteiger partial charge in [-0.1, -0.05) is 42.5 Å². The van der Waals surface area contributed by atoms with Gasteiger partial charge in [-0.3, -0.25) is 0 Å². The van der Waals surface area contributed by atoms with Crippen molar-refractivity contribution in [2.45, 2.75) is 69.2 Å². The predicted molar refractivity (Wildman–Crippen MR) is 142 cm³/mol. The molecule has 1 amide bonds. The van der Waals surface area contributed by atoms with Gasteiger partial charge in [0.2, 0.25) is 12.3 Å². The molecule has 0 saturated heterocycles. The second-order valence-corrected chi connectivity index (χ2v) is 10.6. The molecule has 228 valence electrons. The summed E-state index contributed by atoms with van der Waals surface area (Å²) in [5, 5.41) is 8.88. The van der Waals surface area contributed by atoms with E-state index >= 15 is 0 Å². The van der Waals surface area contributed by atoms with Crippen LogP contribution < -0.4 is 10.6 Å². The highest BCUT2D eigenvalue weighted by Gasteiger charge is 2.39. The number of nitrogens with one attached hydrogen (secondary N) is 2. The van der Waals surface area contributed by atoms with Crippen LogP contribution >= 0.6 is 12.2 Å². The molecule has 0 bridgehead atoms. The van der Waals surface area contributed by atoms with Crippen molar-refractivity contribution in [2.24, 2.45) is 5.92 Å². The highest BCUT2D eigenvalue weighted by atomic mass is 32.1. The summed E-state index contributed by atoms with van der Waals surface area (Å²) in [7, 11) is 0. The lowest BCUT2D eigenvalue weighted by Crippen LogP contribution is -2.37. The zero-order chi connectivity index (χ0) is 30.5. The number of aromatic nitrogens is 3. The highest BCUT2D eigenvalue weighted by Crippen LogP contribution is 2.41. The number of thiocarbonyl (C=S) groups is 1. The summed E-state index contributed by atoms with van der Waals surface area (Å²) in [5.41, 5.74) is 1.27. The Labute approximate surface area is 241 Å². The van der Waals surface area contributed by atoms with Crippen molar-refractivity contribution < 1.29 is 40.3 Å². The van der Waals surface area contributed by atoms with Crippen LogP contribution in [0.5, 0.6) is 0 Å². The van der Waals surface area contributed by atoms with Gasteiger partial charge in [-0.25, -0.2) is 31.9 Å². The second-order valence-electron chi connectivity index (χ2n) is 10.1. The summed E-state index contributed by atoms with van der Waals surface area (Å²) >= 11 is 5.00. The van der Waals surface area contributed by atoms with Crippen LogP contribution in [0.1, 0.15) is 60.9 Å². The maximum Gasteiger partial charge on any atom is 0.408 e. The molecule has 1 aromatic carbocycles. The molecule has 0 radical (unpaired) electrons. The molecule has 2 heterocycles. The van der Waals surface area contributed by atoms with Crippen LogP contribution in [0.4, 0.5) is 35.5 Å². The Bertz CT molecular complexity index is 1360. The Kier molecular flexibility index (Phi) is 9.89. The van der Waals surface area contributed by atoms with Gasteiger partial charge in [0, 0.05) is 25.2 Å². The normalized spacial score (nSPS) is 17.1. The quantitative estimate of drug-likeness (QED) is 0.193. The maximum atomic E-state index is 13.9. The number of alkyl halides is 7. The number of hydrogen-bond donors (Lipinski definition) is 2. The maximum absolute atomic E-state index is 13.9. The Balaban J connectivity index is 1.58. The minimum Gasteiger partial charge on any atom is -0.445 e. The molecule has 0 aliphatic heterocycles. The second kappa shape index (κ2) is 13.2. The molecule has 2 N–H and O–H groups in total. The van der Waals surface area contributed by atoms with Crippen LogP contribution in [0.3, 0.4) is 0 Å². The molecule has 4 rings (SSSR count). The smallest absolute Gasteiger partial charge is 0.408 e. The topological polar surface area (TPSA) is 80.6 Å². The van der Waals surface area contributed by atoms with Gasteiger partial charge >= 0.3 is 12.3 Å². The minimum atomic E-state index is -4.60. The Morgan fingerprint density at radius 3 is 2.50 bits per heavy atom.